The lowest BCUT2D eigenvalue weighted by molar-refractivity contribution is -0.118. The Balaban J connectivity index is 1.71. The van der Waals surface area contributed by atoms with E-state index < -0.39 is 0 Å². The quantitative estimate of drug-likeness (QED) is 0.840. The van der Waals surface area contributed by atoms with Crippen LogP contribution >= 0.6 is 23.1 Å². The fourth-order valence-corrected chi connectivity index (χ4v) is 2.71. The van der Waals surface area contributed by atoms with E-state index in [2.05, 4.69) is 5.32 Å². The Hall–Kier alpha value is -1.26. The molecule has 0 atom stereocenters. The predicted molar refractivity (Wildman–Crippen MR) is 73.3 cm³/mol. The highest BCUT2D eigenvalue weighted by molar-refractivity contribution is 8.00. The van der Waals surface area contributed by atoms with Crippen molar-refractivity contribution in [1.29, 1.82) is 0 Å². The number of thiophene rings is 1. The highest BCUT2D eigenvalue weighted by atomic mass is 32.2. The van der Waals surface area contributed by atoms with E-state index in [-0.39, 0.29) is 5.91 Å². The second-order valence-corrected chi connectivity index (χ2v) is 5.54. The third-order valence-electron chi connectivity index (χ3n) is 2.15. The van der Waals surface area contributed by atoms with Crippen molar-refractivity contribution in [3.8, 4) is 0 Å². The maximum atomic E-state index is 11.6. The van der Waals surface area contributed by atoms with Gasteiger partial charge in [-0.1, -0.05) is 24.3 Å². The molecule has 1 N–H and O–H groups in total. The van der Waals surface area contributed by atoms with Crippen LogP contribution in [0.15, 0.2) is 52.7 Å². The molecule has 4 heteroatoms. The molecule has 0 saturated heterocycles. The standard InChI is InChI=1S/C13H13NOS2/c15-13(14-9-12-7-4-8-16-12)10-17-11-5-2-1-3-6-11/h1-8H,9-10H2,(H,14,15). The summed E-state index contributed by atoms with van der Waals surface area (Å²) >= 11 is 3.21. The van der Waals surface area contributed by atoms with Crippen LogP contribution in [0.25, 0.3) is 0 Å². The zero-order valence-corrected chi connectivity index (χ0v) is 10.9. The van der Waals surface area contributed by atoms with E-state index in [0.29, 0.717) is 12.3 Å². The Kier molecular flexibility index (Phi) is 4.64. The molecule has 2 aromatic rings. The minimum Gasteiger partial charge on any atom is -0.350 e. The molecule has 2 nitrogen and oxygen atoms in total. The van der Waals surface area contributed by atoms with Gasteiger partial charge in [-0.15, -0.1) is 23.1 Å². The van der Waals surface area contributed by atoms with E-state index in [4.69, 9.17) is 0 Å². The highest BCUT2D eigenvalue weighted by Crippen LogP contribution is 2.16. The number of thioether (sulfide) groups is 1. The van der Waals surface area contributed by atoms with E-state index in [1.54, 1.807) is 23.1 Å². The largest absolute Gasteiger partial charge is 0.350 e. The molecule has 1 aromatic heterocycles. The first kappa shape index (κ1) is 12.2. The number of carbonyl (C=O) groups is 1. The van der Waals surface area contributed by atoms with Crippen molar-refractivity contribution in [2.24, 2.45) is 0 Å². The van der Waals surface area contributed by atoms with Crippen LogP contribution in [-0.2, 0) is 11.3 Å². The summed E-state index contributed by atoms with van der Waals surface area (Å²) in [4.78, 5) is 13.9. The van der Waals surface area contributed by atoms with Crippen LogP contribution < -0.4 is 5.32 Å². The molecule has 1 aromatic carbocycles. The molecular weight excluding hydrogens is 250 g/mol. The van der Waals surface area contributed by atoms with Crippen molar-refractivity contribution >= 4 is 29.0 Å². The van der Waals surface area contributed by atoms with Gasteiger partial charge in [-0.2, -0.15) is 0 Å². The Morgan fingerprint density at radius 1 is 1.18 bits per heavy atom. The predicted octanol–water partition coefficient (Wildman–Crippen LogP) is 3.16. The summed E-state index contributed by atoms with van der Waals surface area (Å²) in [5.41, 5.74) is 0. The summed E-state index contributed by atoms with van der Waals surface area (Å²) in [6, 6.07) is 14.0. The van der Waals surface area contributed by atoms with Crippen LogP contribution in [0.4, 0.5) is 0 Å². The van der Waals surface area contributed by atoms with Crippen LogP contribution in [0.5, 0.6) is 0 Å². The number of benzene rings is 1. The summed E-state index contributed by atoms with van der Waals surface area (Å²) in [5.74, 6) is 0.544. The molecule has 0 spiro atoms. The minimum atomic E-state index is 0.0762. The van der Waals surface area contributed by atoms with Gasteiger partial charge in [0.1, 0.15) is 0 Å². The first-order valence-corrected chi connectivity index (χ1v) is 7.18. The van der Waals surface area contributed by atoms with E-state index in [9.17, 15) is 4.79 Å². The SMILES string of the molecule is O=C(CSc1ccccc1)NCc1cccs1. The molecule has 88 valence electrons. The van der Waals surface area contributed by atoms with Gasteiger partial charge in [0.25, 0.3) is 0 Å². The van der Waals surface area contributed by atoms with E-state index >= 15 is 0 Å². The monoisotopic (exact) mass is 263 g/mol. The lowest BCUT2D eigenvalue weighted by Gasteiger charge is -2.03. The maximum absolute atomic E-state index is 11.6. The summed E-state index contributed by atoms with van der Waals surface area (Å²) in [5, 5.41) is 4.92. The average Bonchev–Trinajstić information content (AvgIpc) is 2.88. The van der Waals surface area contributed by atoms with E-state index in [1.807, 2.05) is 47.8 Å². The van der Waals surface area contributed by atoms with Crippen LogP contribution in [0.1, 0.15) is 4.88 Å². The second kappa shape index (κ2) is 6.47. The first-order valence-electron chi connectivity index (χ1n) is 5.31. The Labute approximate surface area is 109 Å². The zero-order chi connectivity index (χ0) is 11.9. The normalized spacial score (nSPS) is 10.1. The van der Waals surface area contributed by atoms with Crippen molar-refractivity contribution in [1.82, 2.24) is 5.32 Å². The van der Waals surface area contributed by atoms with Crippen LogP contribution in [0.3, 0.4) is 0 Å². The highest BCUT2D eigenvalue weighted by Gasteiger charge is 2.02. The van der Waals surface area contributed by atoms with Gasteiger partial charge in [0, 0.05) is 9.77 Å². The molecule has 0 aliphatic rings. The molecule has 0 radical (unpaired) electrons. The lowest BCUT2D eigenvalue weighted by Crippen LogP contribution is -2.24. The second-order valence-electron chi connectivity index (χ2n) is 3.46. The molecule has 0 aliphatic carbocycles. The number of hydrogen-bond acceptors (Lipinski definition) is 3. The minimum absolute atomic E-state index is 0.0762. The van der Waals surface area contributed by atoms with E-state index in [1.165, 1.54) is 4.88 Å². The van der Waals surface area contributed by atoms with Gasteiger partial charge in [0.15, 0.2) is 0 Å². The molecule has 17 heavy (non-hydrogen) atoms. The van der Waals surface area contributed by atoms with Crippen LogP contribution in [0.2, 0.25) is 0 Å². The van der Waals surface area contributed by atoms with Crippen molar-refractivity contribution in [3.63, 3.8) is 0 Å². The number of hydrogen-bond donors (Lipinski definition) is 1. The Morgan fingerprint density at radius 3 is 2.71 bits per heavy atom. The number of amides is 1. The van der Waals surface area contributed by atoms with Gasteiger partial charge in [-0.25, -0.2) is 0 Å². The van der Waals surface area contributed by atoms with Crippen molar-refractivity contribution in [3.05, 3.63) is 52.7 Å². The smallest absolute Gasteiger partial charge is 0.230 e. The summed E-state index contributed by atoms with van der Waals surface area (Å²) in [6.07, 6.45) is 0. The van der Waals surface area contributed by atoms with Crippen molar-refractivity contribution in [2.45, 2.75) is 11.4 Å². The molecular formula is C13H13NOS2. The van der Waals surface area contributed by atoms with Gasteiger partial charge < -0.3 is 5.32 Å². The lowest BCUT2D eigenvalue weighted by atomic mass is 10.4. The maximum Gasteiger partial charge on any atom is 0.230 e. The van der Waals surface area contributed by atoms with Crippen molar-refractivity contribution < 1.29 is 4.79 Å². The summed E-state index contributed by atoms with van der Waals surface area (Å²) in [7, 11) is 0. The third kappa shape index (κ3) is 4.24. The molecule has 2 rings (SSSR count). The molecule has 1 heterocycles. The zero-order valence-electron chi connectivity index (χ0n) is 9.26. The molecule has 0 unspecified atom stereocenters. The molecule has 1 amide bonds. The van der Waals surface area contributed by atoms with Gasteiger partial charge in [-0.3, -0.25) is 4.79 Å². The van der Waals surface area contributed by atoms with Crippen LogP contribution in [-0.4, -0.2) is 11.7 Å². The van der Waals surface area contributed by atoms with Gasteiger partial charge >= 0.3 is 0 Å². The molecule has 0 fully saturated rings. The van der Waals surface area contributed by atoms with Crippen LogP contribution in [0, 0.1) is 0 Å². The summed E-state index contributed by atoms with van der Waals surface area (Å²) in [6.45, 7) is 0.631. The van der Waals surface area contributed by atoms with Gasteiger partial charge in [0.2, 0.25) is 5.91 Å². The fraction of sp³-hybridized carbons (Fsp3) is 0.154. The third-order valence-corrected chi connectivity index (χ3v) is 4.04. The number of carbonyl (C=O) groups excluding carboxylic acids is 1. The Bertz CT molecular complexity index is 454. The molecule has 0 aliphatic heterocycles. The molecule has 0 saturated carbocycles. The number of rotatable bonds is 5. The van der Waals surface area contributed by atoms with E-state index in [0.717, 1.165) is 4.90 Å². The first-order chi connectivity index (χ1) is 8.34. The van der Waals surface area contributed by atoms with Crippen molar-refractivity contribution in [2.75, 3.05) is 5.75 Å². The average molecular weight is 263 g/mol. The van der Waals surface area contributed by atoms with Gasteiger partial charge in [-0.05, 0) is 23.6 Å². The Morgan fingerprint density at radius 2 is 2.00 bits per heavy atom. The summed E-state index contributed by atoms with van der Waals surface area (Å²) < 4.78 is 0. The van der Waals surface area contributed by atoms with Gasteiger partial charge in [0.05, 0.1) is 12.3 Å². The molecule has 0 bridgehead atoms. The number of nitrogens with one attached hydrogen (secondary N) is 1. The topological polar surface area (TPSA) is 29.1 Å². The fourth-order valence-electron chi connectivity index (χ4n) is 1.32.